The van der Waals surface area contributed by atoms with Gasteiger partial charge in [-0.2, -0.15) is 13.2 Å². The Balaban J connectivity index is 1.23. The summed E-state index contributed by atoms with van der Waals surface area (Å²) >= 11 is 0. The van der Waals surface area contributed by atoms with E-state index in [1.807, 2.05) is 0 Å². The predicted molar refractivity (Wildman–Crippen MR) is 94.8 cm³/mol. The number of rotatable bonds is 3. The maximum absolute atomic E-state index is 13.9. The Labute approximate surface area is 169 Å². The van der Waals surface area contributed by atoms with Crippen LogP contribution in [0.1, 0.15) is 17.5 Å². The van der Waals surface area contributed by atoms with Crippen molar-refractivity contribution < 1.29 is 36.6 Å². The molecule has 7 nitrogen and oxygen atoms in total. The van der Waals surface area contributed by atoms with E-state index < -0.39 is 17.6 Å². The van der Waals surface area contributed by atoms with Crippen LogP contribution in [-0.2, 0) is 27.1 Å². The molecule has 0 aliphatic carbocycles. The fourth-order valence-electron chi connectivity index (χ4n) is 3.82. The van der Waals surface area contributed by atoms with E-state index in [2.05, 4.69) is 5.32 Å². The first-order valence-corrected chi connectivity index (χ1v) is 9.63. The van der Waals surface area contributed by atoms with Gasteiger partial charge in [-0.15, -0.1) is 0 Å². The first-order valence-electron chi connectivity index (χ1n) is 9.63. The number of halogens is 4. The standard InChI is InChI=1S/C19H21F4N3O4/c20-14-5-12(19(21,22)23)2-1-11(14)9-29-13-6-26(7-13)18(28)25-4-3-16-15(8-25)24-17(27)10-30-16/h1-2,5,13,15-16H,3-4,6-10H2,(H,24,27)/t15-,16-/m1/s1. The monoisotopic (exact) mass is 431 g/mol. The second-order valence-electron chi connectivity index (χ2n) is 7.68. The van der Waals surface area contributed by atoms with Gasteiger partial charge in [0.1, 0.15) is 12.4 Å². The third-order valence-corrected chi connectivity index (χ3v) is 5.57. The average Bonchev–Trinajstić information content (AvgIpc) is 2.66. The molecule has 4 rings (SSSR count). The summed E-state index contributed by atoms with van der Waals surface area (Å²) in [4.78, 5) is 27.3. The Morgan fingerprint density at radius 1 is 1.23 bits per heavy atom. The van der Waals surface area contributed by atoms with Gasteiger partial charge < -0.3 is 24.6 Å². The largest absolute Gasteiger partial charge is 0.416 e. The molecule has 0 aromatic heterocycles. The number of hydrogen-bond acceptors (Lipinski definition) is 4. The third kappa shape index (κ3) is 4.36. The number of ether oxygens (including phenoxy) is 2. The lowest BCUT2D eigenvalue weighted by Gasteiger charge is -2.45. The molecule has 3 heterocycles. The number of amides is 3. The van der Waals surface area contributed by atoms with E-state index >= 15 is 0 Å². The topological polar surface area (TPSA) is 71.1 Å². The minimum Gasteiger partial charge on any atom is -0.370 e. The zero-order valence-electron chi connectivity index (χ0n) is 16.0. The second-order valence-corrected chi connectivity index (χ2v) is 7.68. The van der Waals surface area contributed by atoms with Gasteiger partial charge in [0.2, 0.25) is 5.91 Å². The van der Waals surface area contributed by atoms with Crippen LogP contribution in [0.4, 0.5) is 22.4 Å². The van der Waals surface area contributed by atoms with Crippen LogP contribution in [0.3, 0.4) is 0 Å². The quantitative estimate of drug-likeness (QED) is 0.741. The summed E-state index contributed by atoms with van der Waals surface area (Å²) in [6.07, 6.45) is -4.36. The Morgan fingerprint density at radius 3 is 2.70 bits per heavy atom. The second kappa shape index (κ2) is 8.03. The molecule has 164 valence electrons. The number of nitrogens with one attached hydrogen (secondary N) is 1. The fourth-order valence-corrected chi connectivity index (χ4v) is 3.82. The highest BCUT2D eigenvalue weighted by Crippen LogP contribution is 2.30. The highest BCUT2D eigenvalue weighted by molar-refractivity contribution is 5.79. The van der Waals surface area contributed by atoms with Crippen molar-refractivity contribution in [3.05, 3.63) is 35.1 Å². The van der Waals surface area contributed by atoms with Gasteiger partial charge in [0.25, 0.3) is 0 Å². The Bertz CT molecular complexity index is 828. The molecule has 1 aromatic carbocycles. The molecule has 30 heavy (non-hydrogen) atoms. The summed E-state index contributed by atoms with van der Waals surface area (Å²) in [6.45, 7) is 1.39. The Hall–Kier alpha value is -2.40. The van der Waals surface area contributed by atoms with Crippen LogP contribution < -0.4 is 5.32 Å². The third-order valence-electron chi connectivity index (χ3n) is 5.57. The molecule has 3 aliphatic heterocycles. The molecule has 3 saturated heterocycles. The molecule has 0 saturated carbocycles. The number of fused-ring (bicyclic) bond motifs is 1. The van der Waals surface area contributed by atoms with E-state index in [0.29, 0.717) is 38.7 Å². The fraction of sp³-hybridized carbons (Fsp3) is 0.579. The van der Waals surface area contributed by atoms with E-state index in [0.717, 1.165) is 12.1 Å². The number of piperidine rings is 1. The molecular weight excluding hydrogens is 410 g/mol. The maximum atomic E-state index is 13.9. The summed E-state index contributed by atoms with van der Waals surface area (Å²) in [6, 6.07) is 1.93. The lowest BCUT2D eigenvalue weighted by molar-refractivity contribution is -0.140. The number of carbonyl (C=O) groups is 2. The normalized spacial score (nSPS) is 24.9. The smallest absolute Gasteiger partial charge is 0.370 e. The molecule has 0 bridgehead atoms. The number of alkyl halides is 3. The zero-order chi connectivity index (χ0) is 21.5. The van der Waals surface area contributed by atoms with Crippen LogP contribution >= 0.6 is 0 Å². The van der Waals surface area contributed by atoms with Crippen molar-refractivity contribution in [2.75, 3.05) is 32.8 Å². The first-order chi connectivity index (χ1) is 14.2. The van der Waals surface area contributed by atoms with E-state index in [1.165, 1.54) is 0 Å². The van der Waals surface area contributed by atoms with E-state index in [1.54, 1.807) is 9.80 Å². The highest BCUT2D eigenvalue weighted by Gasteiger charge is 2.40. The van der Waals surface area contributed by atoms with Crippen LogP contribution in [0.5, 0.6) is 0 Å². The molecule has 0 spiro atoms. The molecule has 3 fully saturated rings. The molecule has 1 N–H and O–H groups in total. The summed E-state index contributed by atoms with van der Waals surface area (Å²) in [5.74, 6) is -1.17. The number of nitrogens with zero attached hydrogens (tertiary/aromatic N) is 2. The average molecular weight is 431 g/mol. The van der Waals surface area contributed by atoms with Crippen molar-refractivity contribution in [1.82, 2.24) is 15.1 Å². The summed E-state index contributed by atoms with van der Waals surface area (Å²) in [7, 11) is 0. The molecule has 3 amide bonds. The van der Waals surface area contributed by atoms with Gasteiger partial charge in [0.05, 0.1) is 43.5 Å². The van der Waals surface area contributed by atoms with Crippen molar-refractivity contribution in [1.29, 1.82) is 0 Å². The maximum Gasteiger partial charge on any atom is 0.416 e. The van der Waals surface area contributed by atoms with E-state index in [4.69, 9.17) is 9.47 Å². The number of morpholine rings is 1. The van der Waals surface area contributed by atoms with Gasteiger partial charge in [-0.25, -0.2) is 9.18 Å². The highest BCUT2D eigenvalue weighted by atomic mass is 19.4. The van der Waals surface area contributed by atoms with E-state index in [9.17, 15) is 27.2 Å². The van der Waals surface area contributed by atoms with Crippen molar-refractivity contribution in [2.45, 2.75) is 37.5 Å². The summed E-state index contributed by atoms with van der Waals surface area (Å²) in [5, 5.41) is 2.84. The van der Waals surface area contributed by atoms with Crippen molar-refractivity contribution in [2.24, 2.45) is 0 Å². The van der Waals surface area contributed by atoms with Crippen LogP contribution in [0.2, 0.25) is 0 Å². The molecule has 11 heteroatoms. The van der Waals surface area contributed by atoms with Gasteiger partial charge in [0, 0.05) is 18.7 Å². The molecular formula is C19H21F4N3O4. The van der Waals surface area contributed by atoms with Gasteiger partial charge >= 0.3 is 12.2 Å². The van der Waals surface area contributed by atoms with E-state index in [-0.39, 0.29) is 49.0 Å². The van der Waals surface area contributed by atoms with Crippen LogP contribution in [-0.4, -0.2) is 72.8 Å². The zero-order valence-corrected chi connectivity index (χ0v) is 16.0. The van der Waals surface area contributed by atoms with Gasteiger partial charge in [-0.1, -0.05) is 6.07 Å². The number of benzene rings is 1. The number of hydrogen-bond donors (Lipinski definition) is 1. The Morgan fingerprint density at radius 2 is 2.00 bits per heavy atom. The first kappa shape index (κ1) is 20.9. The SMILES string of the molecule is O=C1CO[C@@H]2CCN(C(=O)N3CC(OCc4ccc(C(F)(F)F)cc4F)C3)C[C@H]2N1. The van der Waals surface area contributed by atoms with Gasteiger partial charge in [-0.3, -0.25) is 4.79 Å². The Kier molecular flexibility index (Phi) is 5.58. The number of carbonyl (C=O) groups excluding carboxylic acids is 2. The predicted octanol–water partition coefficient (Wildman–Crippen LogP) is 1.75. The summed E-state index contributed by atoms with van der Waals surface area (Å²) in [5.41, 5.74) is -1.02. The minimum absolute atomic E-state index is 0.0305. The molecule has 1 aromatic rings. The van der Waals surface area contributed by atoms with Crippen molar-refractivity contribution in [3.8, 4) is 0 Å². The van der Waals surface area contributed by atoms with Gasteiger partial charge in [0.15, 0.2) is 0 Å². The minimum atomic E-state index is -4.60. The molecule has 2 atom stereocenters. The summed E-state index contributed by atoms with van der Waals surface area (Å²) < 4.78 is 62.7. The van der Waals surface area contributed by atoms with Crippen LogP contribution in [0.15, 0.2) is 18.2 Å². The van der Waals surface area contributed by atoms with Gasteiger partial charge in [-0.05, 0) is 18.6 Å². The molecule has 0 unspecified atom stereocenters. The lowest BCUT2D eigenvalue weighted by Crippen LogP contribution is -2.65. The van der Waals surface area contributed by atoms with Crippen LogP contribution in [0.25, 0.3) is 0 Å². The number of likely N-dealkylation sites (tertiary alicyclic amines) is 2. The lowest BCUT2D eigenvalue weighted by atomic mass is 10.0. The molecule has 3 aliphatic rings. The van der Waals surface area contributed by atoms with Crippen LogP contribution in [0, 0.1) is 5.82 Å². The number of urea groups is 1. The molecule has 0 radical (unpaired) electrons. The van der Waals surface area contributed by atoms with Crippen molar-refractivity contribution in [3.63, 3.8) is 0 Å². The van der Waals surface area contributed by atoms with Crippen molar-refractivity contribution >= 4 is 11.9 Å².